The van der Waals surface area contributed by atoms with Gasteiger partial charge in [-0.15, -0.1) is 0 Å². The van der Waals surface area contributed by atoms with Crippen LogP contribution in [0.1, 0.15) is 11.3 Å². The number of rotatable bonds is 4. The van der Waals surface area contributed by atoms with Crippen molar-refractivity contribution >= 4 is 28.9 Å². The Bertz CT molecular complexity index is 923. The van der Waals surface area contributed by atoms with E-state index in [0.29, 0.717) is 16.8 Å². The number of anilines is 2. The summed E-state index contributed by atoms with van der Waals surface area (Å²) in [6.07, 6.45) is 1.63. The molecule has 0 radical (unpaired) electrons. The molecule has 122 valence electrons. The average molecular weight is 344 g/mol. The zero-order valence-electron chi connectivity index (χ0n) is 13.0. The third-order valence-corrected chi connectivity index (χ3v) is 3.98. The predicted octanol–water partition coefficient (Wildman–Crippen LogP) is 4.39. The molecule has 3 rings (SSSR count). The molecule has 0 aliphatic rings. The zero-order valence-corrected chi connectivity index (χ0v) is 13.8. The number of H-pyrrole nitrogens is 1. The van der Waals surface area contributed by atoms with Gasteiger partial charge in [0.25, 0.3) is 5.69 Å². The summed E-state index contributed by atoms with van der Waals surface area (Å²) < 4.78 is 0. The van der Waals surface area contributed by atoms with Crippen LogP contribution in [0.15, 0.2) is 36.5 Å². The van der Waals surface area contributed by atoms with Crippen molar-refractivity contribution in [2.24, 2.45) is 0 Å². The maximum Gasteiger partial charge on any atom is 0.271 e. The molecular weight excluding hydrogens is 330 g/mol. The second-order valence-corrected chi connectivity index (χ2v) is 5.64. The van der Waals surface area contributed by atoms with E-state index in [1.165, 1.54) is 12.1 Å². The molecule has 24 heavy (non-hydrogen) atoms. The maximum atomic E-state index is 10.9. The number of nitrogens with zero attached hydrogens (tertiary/aromatic N) is 3. The van der Waals surface area contributed by atoms with Gasteiger partial charge in [-0.1, -0.05) is 17.7 Å². The molecule has 0 aliphatic carbocycles. The Morgan fingerprint density at radius 1 is 1.29 bits per heavy atom. The lowest BCUT2D eigenvalue weighted by Crippen LogP contribution is -1.99. The van der Waals surface area contributed by atoms with Crippen LogP contribution < -0.4 is 5.32 Å². The Morgan fingerprint density at radius 2 is 2.08 bits per heavy atom. The minimum Gasteiger partial charge on any atom is -0.349 e. The topological polar surface area (TPSA) is 96.7 Å². The van der Waals surface area contributed by atoms with Gasteiger partial charge < -0.3 is 10.3 Å². The lowest BCUT2D eigenvalue weighted by Gasteiger charge is -2.07. The molecule has 2 aromatic heterocycles. The number of aromatic nitrogens is 3. The standard InChI is InChI=1S/C16H14ClN5O2/c1-9-14(10(2)19-15(9)17)13-6-7-18-16(21-13)20-11-4-3-5-12(8-11)22(23)24/h3-8,19H,1-2H3,(H,18,20,21). The van der Waals surface area contributed by atoms with Crippen molar-refractivity contribution in [2.45, 2.75) is 13.8 Å². The zero-order chi connectivity index (χ0) is 17.3. The van der Waals surface area contributed by atoms with Gasteiger partial charge in [-0.25, -0.2) is 9.97 Å². The van der Waals surface area contributed by atoms with E-state index in [1.807, 2.05) is 13.8 Å². The van der Waals surface area contributed by atoms with Gasteiger partial charge in [-0.3, -0.25) is 10.1 Å². The van der Waals surface area contributed by atoms with Crippen molar-refractivity contribution in [1.82, 2.24) is 15.0 Å². The highest BCUT2D eigenvalue weighted by Crippen LogP contribution is 2.31. The van der Waals surface area contributed by atoms with Crippen molar-refractivity contribution < 1.29 is 4.92 Å². The van der Waals surface area contributed by atoms with E-state index in [4.69, 9.17) is 11.6 Å². The molecule has 0 saturated heterocycles. The summed E-state index contributed by atoms with van der Waals surface area (Å²) in [5, 5.41) is 14.4. The van der Waals surface area contributed by atoms with Crippen molar-refractivity contribution in [3.8, 4) is 11.3 Å². The lowest BCUT2D eigenvalue weighted by atomic mass is 10.1. The molecule has 0 amide bonds. The first-order valence-electron chi connectivity index (χ1n) is 7.15. The van der Waals surface area contributed by atoms with Gasteiger partial charge in [-0.05, 0) is 31.5 Å². The number of hydrogen-bond acceptors (Lipinski definition) is 5. The Labute approximate surface area is 142 Å². The van der Waals surface area contributed by atoms with E-state index in [1.54, 1.807) is 24.4 Å². The molecule has 1 aromatic carbocycles. The highest BCUT2D eigenvalue weighted by molar-refractivity contribution is 6.30. The van der Waals surface area contributed by atoms with E-state index in [-0.39, 0.29) is 5.69 Å². The van der Waals surface area contributed by atoms with Crippen LogP contribution in [-0.4, -0.2) is 19.9 Å². The van der Waals surface area contributed by atoms with Crippen molar-refractivity contribution in [3.63, 3.8) is 0 Å². The molecule has 0 saturated carbocycles. The van der Waals surface area contributed by atoms with Crippen LogP contribution in [0.2, 0.25) is 5.15 Å². The number of halogens is 1. The van der Waals surface area contributed by atoms with Gasteiger partial charge >= 0.3 is 0 Å². The molecule has 0 spiro atoms. The summed E-state index contributed by atoms with van der Waals surface area (Å²) in [4.78, 5) is 22.1. The third kappa shape index (κ3) is 3.07. The molecule has 7 nitrogen and oxygen atoms in total. The van der Waals surface area contributed by atoms with E-state index in [2.05, 4.69) is 20.3 Å². The summed E-state index contributed by atoms with van der Waals surface area (Å²) in [5.41, 5.74) is 4.01. The molecule has 8 heteroatoms. The van der Waals surface area contributed by atoms with E-state index < -0.39 is 4.92 Å². The molecule has 0 aliphatic heterocycles. The first-order chi connectivity index (χ1) is 11.5. The van der Waals surface area contributed by atoms with E-state index in [9.17, 15) is 10.1 Å². The minimum absolute atomic E-state index is 0.000241. The van der Waals surface area contributed by atoms with Crippen LogP contribution in [-0.2, 0) is 0 Å². The summed E-state index contributed by atoms with van der Waals surface area (Å²) >= 11 is 6.12. The van der Waals surface area contributed by atoms with Gasteiger partial charge in [0.05, 0.1) is 10.6 Å². The Kier molecular flexibility index (Phi) is 4.18. The van der Waals surface area contributed by atoms with Crippen LogP contribution in [0.5, 0.6) is 0 Å². The quantitative estimate of drug-likeness (QED) is 0.540. The third-order valence-electron chi connectivity index (χ3n) is 3.60. The lowest BCUT2D eigenvalue weighted by molar-refractivity contribution is -0.384. The van der Waals surface area contributed by atoms with E-state index >= 15 is 0 Å². The molecule has 3 aromatic rings. The van der Waals surface area contributed by atoms with Crippen molar-refractivity contribution in [2.75, 3.05) is 5.32 Å². The fourth-order valence-electron chi connectivity index (χ4n) is 2.48. The maximum absolute atomic E-state index is 10.9. The molecule has 0 unspecified atom stereocenters. The fourth-order valence-corrected chi connectivity index (χ4v) is 2.72. The molecule has 0 bridgehead atoms. The van der Waals surface area contributed by atoms with Crippen LogP contribution in [0.25, 0.3) is 11.3 Å². The number of aryl methyl sites for hydroxylation is 1. The number of non-ortho nitro benzene ring substituents is 1. The molecule has 0 atom stereocenters. The highest BCUT2D eigenvalue weighted by Gasteiger charge is 2.14. The predicted molar refractivity (Wildman–Crippen MR) is 92.7 cm³/mol. The summed E-state index contributed by atoms with van der Waals surface area (Å²) in [6.45, 7) is 3.83. The number of nitro groups is 1. The second-order valence-electron chi connectivity index (χ2n) is 5.26. The Morgan fingerprint density at radius 3 is 2.75 bits per heavy atom. The molecule has 0 fully saturated rings. The summed E-state index contributed by atoms with van der Waals surface area (Å²) in [5.74, 6) is 0.351. The van der Waals surface area contributed by atoms with E-state index in [0.717, 1.165) is 22.5 Å². The Balaban J connectivity index is 1.94. The van der Waals surface area contributed by atoms with Crippen LogP contribution in [0.4, 0.5) is 17.3 Å². The summed E-state index contributed by atoms with van der Waals surface area (Å²) in [6, 6.07) is 7.96. The average Bonchev–Trinajstić information content (AvgIpc) is 2.80. The van der Waals surface area contributed by atoms with Crippen molar-refractivity contribution in [1.29, 1.82) is 0 Å². The van der Waals surface area contributed by atoms with Crippen LogP contribution in [0.3, 0.4) is 0 Å². The number of aromatic amines is 1. The first-order valence-corrected chi connectivity index (χ1v) is 7.53. The Hall–Kier alpha value is -2.93. The number of nitro benzene ring substituents is 1. The smallest absolute Gasteiger partial charge is 0.271 e. The van der Waals surface area contributed by atoms with Gasteiger partial charge in [0, 0.05) is 35.3 Å². The summed E-state index contributed by atoms with van der Waals surface area (Å²) in [7, 11) is 0. The number of nitrogens with one attached hydrogen (secondary N) is 2. The SMILES string of the molecule is Cc1[nH]c(Cl)c(C)c1-c1ccnc(Nc2cccc([N+](=O)[O-])c2)n1. The molecule has 2 N–H and O–H groups in total. The van der Waals surface area contributed by atoms with Gasteiger partial charge in [0.1, 0.15) is 5.15 Å². The first kappa shape index (κ1) is 15.9. The van der Waals surface area contributed by atoms with Gasteiger partial charge in [-0.2, -0.15) is 0 Å². The van der Waals surface area contributed by atoms with Crippen molar-refractivity contribution in [3.05, 3.63) is 63.1 Å². The highest BCUT2D eigenvalue weighted by atomic mass is 35.5. The minimum atomic E-state index is -0.447. The van der Waals surface area contributed by atoms with Crippen LogP contribution in [0, 0.1) is 24.0 Å². The monoisotopic (exact) mass is 343 g/mol. The normalized spacial score (nSPS) is 10.6. The second kappa shape index (κ2) is 6.29. The largest absolute Gasteiger partial charge is 0.349 e. The fraction of sp³-hybridized carbons (Fsp3) is 0.125. The molecular formula is C16H14ClN5O2. The molecule has 2 heterocycles. The number of hydrogen-bond donors (Lipinski definition) is 2. The van der Waals surface area contributed by atoms with Crippen LogP contribution >= 0.6 is 11.6 Å². The van der Waals surface area contributed by atoms with Gasteiger partial charge in [0.15, 0.2) is 0 Å². The van der Waals surface area contributed by atoms with Gasteiger partial charge in [0.2, 0.25) is 5.95 Å². The number of benzene rings is 1.